The molecular formula is C16H15F3O2. The summed E-state index contributed by atoms with van der Waals surface area (Å²) in [6.45, 7) is 5.62. The number of hydrogen-bond acceptors (Lipinski definition) is 2. The lowest BCUT2D eigenvalue weighted by Crippen LogP contribution is -2.02. The molecule has 112 valence electrons. The first kappa shape index (κ1) is 15.2. The molecule has 0 aliphatic heterocycles. The molecule has 2 rings (SSSR count). The molecule has 0 radical (unpaired) electrons. The molecule has 0 amide bonds. The molecule has 0 saturated heterocycles. The van der Waals surface area contributed by atoms with E-state index in [4.69, 9.17) is 9.47 Å². The Morgan fingerprint density at radius 2 is 1.81 bits per heavy atom. The van der Waals surface area contributed by atoms with Crippen molar-refractivity contribution in [3.05, 3.63) is 48.3 Å². The van der Waals surface area contributed by atoms with Gasteiger partial charge in [0, 0.05) is 0 Å². The third-order valence-electron chi connectivity index (χ3n) is 2.87. The van der Waals surface area contributed by atoms with Crippen molar-refractivity contribution in [2.75, 3.05) is 13.2 Å². The van der Waals surface area contributed by atoms with Gasteiger partial charge in [-0.1, -0.05) is 25.6 Å². The Labute approximate surface area is 120 Å². The van der Waals surface area contributed by atoms with Gasteiger partial charge in [-0.25, -0.2) is 8.78 Å². The number of rotatable bonds is 6. The average Bonchev–Trinajstić information content (AvgIpc) is 2.48. The van der Waals surface area contributed by atoms with E-state index in [1.807, 2.05) is 6.92 Å². The summed E-state index contributed by atoms with van der Waals surface area (Å²) >= 11 is 0. The summed E-state index contributed by atoms with van der Waals surface area (Å²) < 4.78 is 52.4. The minimum Gasteiger partial charge on any atom is -0.491 e. The highest BCUT2D eigenvalue weighted by Gasteiger charge is 2.20. The van der Waals surface area contributed by atoms with Crippen molar-refractivity contribution in [2.45, 2.75) is 13.3 Å². The highest BCUT2D eigenvalue weighted by atomic mass is 19.2. The number of ether oxygens (including phenoxy) is 2. The van der Waals surface area contributed by atoms with Gasteiger partial charge in [-0.05, 0) is 23.9 Å². The standard InChI is InChI=1S/C16H15F3O2/c1-3-7-20-11-6-5-10-9-12(21-8-4-2)15(18)16(19)13(10)14(11)17/h4-6,9H,2-3,7-8H2,1H3. The van der Waals surface area contributed by atoms with Gasteiger partial charge in [0.1, 0.15) is 6.61 Å². The van der Waals surface area contributed by atoms with Crippen molar-refractivity contribution in [3.63, 3.8) is 0 Å². The molecule has 0 fully saturated rings. The maximum absolute atomic E-state index is 14.2. The highest BCUT2D eigenvalue weighted by Crippen LogP contribution is 2.34. The van der Waals surface area contributed by atoms with Gasteiger partial charge in [0.25, 0.3) is 0 Å². The van der Waals surface area contributed by atoms with Gasteiger partial charge in [0.15, 0.2) is 23.1 Å². The Hall–Kier alpha value is -2.17. The third kappa shape index (κ3) is 2.96. The molecule has 2 nitrogen and oxygen atoms in total. The molecule has 5 heteroatoms. The van der Waals surface area contributed by atoms with Crippen LogP contribution in [0.4, 0.5) is 13.2 Å². The van der Waals surface area contributed by atoms with E-state index in [-0.39, 0.29) is 23.5 Å². The van der Waals surface area contributed by atoms with Gasteiger partial charge in [-0.15, -0.1) is 0 Å². The maximum Gasteiger partial charge on any atom is 0.201 e. The topological polar surface area (TPSA) is 18.5 Å². The van der Waals surface area contributed by atoms with Gasteiger partial charge in [0.2, 0.25) is 5.82 Å². The Kier molecular flexibility index (Phi) is 4.73. The van der Waals surface area contributed by atoms with Crippen LogP contribution < -0.4 is 9.47 Å². The molecule has 0 atom stereocenters. The van der Waals surface area contributed by atoms with E-state index in [1.54, 1.807) is 0 Å². The van der Waals surface area contributed by atoms with Crippen LogP contribution in [0.2, 0.25) is 0 Å². The summed E-state index contributed by atoms with van der Waals surface area (Å²) in [5.74, 6) is -3.79. The first-order valence-corrected chi connectivity index (χ1v) is 6.56. The second kappa shape index (κ2) is 6.52. The first-order valence-electron chi connectivity index (χ1n) is 6.56. The van der Waals surface area contributed by atoms with E-state index >= 15 is 0 Å². The van der Waals surface area contributed by atoms with Crippen LogP contribution in [-0.2, 0) is 0 Å². The number of fused-ring (bicyclic) bond motifs is 1. The summed E-state index contributed by atoms with van der Waals surface area (Å²) in [6.07, 6.45) is 2.09. The molecule has 2 aromatic rings. The van der Waals surface area contributed by atoms with Crippen LogP contribution in [0.1, 0.15) is 13.3 Å². The highest BCUT2D eigenvalue weighted by molar-refractivity contribution is 5.86. The fourth-order valence-corrected chi connectivity index (χ4v) is 1.91. The zero-order valence-corrected chi connectivity index (χ0v) is 11.6. The zero-order valence-electron chi connectivity index (χ0n) is 11.6. The molecule has 0 saturated carbocycles. The van der Waals surface area contributed by atoms with Gasteiger partial charge in [-0.3, -0.25) is 0 Å². The Bertz CT molecular complexity index is 668. The summed E-state index contributed by atoms with van der Waals surface area (Å²) in [5.41, 5.74) is 0. The normalized spacial score (nSPS) is 10.7. The molecule has 0 aromatic heterocycles. The maximum atomic E-state index is 14.2. The van der Waals surface area contributed by atoms with E-state index < -0.39 is 22.8 Å². The van der Waals surface area contributed by atoms with Crippen molar-refractivity contribution in [1.82, 2.24) is 0 Å². The second-order valence-corrected chi connectivity index (χ2v) is 4.43. The molecule has 2 aromatic carbocycles. The molecule has 0 heterocycles. The van der Waals surface area contributed by atoms with Crippen molar-refractivity contribution in [1.29, 1.82) is 0 Å². The monoisotopic (exact) mass is 296 g/mol. The number of hydrogen-bond donors (Lipinski definition) is 0. The molecule has 0 N–H and O–H groups in total. The minimum absolute atomic E-state index is 0.0298. The van der Waals surface area contributed by atoms with Crippen LogP contribution in [-0.4, -0.2) is 13.2 Å². The molecule has 21 heavy (non-hydrogen) atoms. The van der Waals surface area contributed by atoms with Crippen molar-refractivity contribution in [3.8, 4) is 11.5 Å². The van der Waals surface area contributed by atoms with Crippen LogP contribution in [0.25, 0.3) is 10.8 Å². The lowest BCUT2D eigenvalue weighted by atomic mass is 10.1. The quantitative estimate of drug-likeness (QED) is 0.725. The predicted molar refractivity (Wildman–Crippen MR) is 75.3 cm³/mol. The second-order valence-electron chi connectivity index (χ2n) is 4.43. The van der Waals surface area contributed by atoms with Crippen LogP contribution in [0.3, 0.4) is 0 Å². The van der Waals surface area contributed by atoms with E-state index in [2.05, 4.69) is 6.58 Å². The number of halogens is 3. The summed E-state index contributed by atoms with van der Waals surface area (Å²) in [4.78, 5) is 0. The zero-order chi connectivity index (χ0) is 15.4. The third-order valence-corrected chi connectivity index (χ3v) is 2.87. The predicted octanol–water partition coefficient (Wildman–Crippen LogP) is 4.61. The largest absolute Gasteiger partial charge is 0.491 e. The first-order chi connectivity index (χ1) is 10.1. The Balaban J connectivity index is 2.55. The van der Waals surface area contributed by atoms with Gasteiger partial charge in [-0.2, -0.15) is 4.39 Å². The van der Waals surface area contributed by atoms with Gasteiger partial charge >= 0.3 is 0 Å². The average molecular weight is 296 g/mol. The Morgan fingerprint density at radius 1 is 1.05 bits per heavy atom. The van der Waals surface area contributed by atoms with Crippen LogP contribution in [0, 0.1) is 17.5 Å². The fourth-order valence-electron chi connectivity index (χ4n) is 1.91. The lowest BCUT2D eigenvalue weighted by Gasteiger charge is -2.11. The summed E-state index contributed by atoms with van der Waals surface area (Å²) in [6, 6.07) is 4.11. The molecule has 0 spiro atoms. The summed E-state index contributed by atoms with van der Waals surface area (Å²) in [7, 11) is 0. The van der Waals surface area contributed by atoms with Crippen LogP contribution in [0.15, 0.2) is 30.9 Å². The molecule has 0 aliphatic rings. The van der Waals surface area contributed by atoms with Crippen molar-refractivity contribution < 1.29 is 22.6 Å². The molecular weight excluding hydrogens is 281 g/mol. The molecule has 0 unspecified atom stereocenters. The van der Waals surface area contributed by atoms with Crippen molar-refractivity contribution >= 4 is 10.8 Å². The van der Waals surface area contributed by atoms with Gasteiger partial charge in [0.05, 0.1) is 12.0 Å². The van der Waals surface area contributed by atoms with Gasteiger partial charge < -0.3 is 9.47 Å². The van der Waals surface area contributed by atoms with E-state index in [0.29, 0.717) is 13.0 Å². The smallest absolute Gasteiger partial charge is 0.201 e. The van der Waals surface area contributed by atoms with E-state index in [0.717, 1.165) is 0 Å². The number of benzene rings is 2. The fraction of sp³-hybridized carbons (Fsp3) is 0.250. The Morgan fingerprint density at radius 3 is 2.48 bits per heavy atom. The van der Waals surface area contributed by atoms with Crippen molar-refractivity contribution in [2.24, 2.45) is 0 Å². The lowest BCUT2D eigenvalue weighted by molar-refractivity contribution is 0.302. The van der Waals surface area contributed by atoms with E-state index in [1.165, 1.54) is 24.3 Å². The minimum atomic E-state index is -1.29. The summed E-state index contributed by atoms with van der Waals surface area (Å²) in [5, 5.41) is -0.235. The SMILES string of the molecule is C=CCOc1cc2ccc(OCCC)c(F)c2c(F)c1F. The van der Waals surface area contributed by atoms with E-state index in [9.17, 15) is 13.2 Å². The van der Waals surface area contributed by atoms with Crippen LogP contribution >= 0.6 is 0 Å². The van der Waals surface area contributed by atoms with Crippen LogP contribution in [0.5, 0.6) is 11.5 Å². The molecule has 0 bridgehead atoms. The molecule has 0 aliphatic carbocycles.